The maximum Gasteiger partial charge on any atom is 0.256 e. The highest BCUT2D eigenvalue weighted by Crippen LogP contribution is 2.40. The minimum atomic E-state index is -0.414. The van der Waals surface area contributed by atoms with Crippen LogP contribution in [0.25, 0.3) is 0 Å². The SMILES string of the molecule is O=C1[C@@H]2CCCN2C(=O)c2cc(Br)cc(Br)c2N1Cc1ccccc1Cl. The zero-order chi connectivity index (χ0) is 18.4. The zero-order valence-corrected chi connectivity index (χ0v) is 17.6. The molecule has 2 aliphatic rings. The van der Waals surface area contributed by atoms with E-state index >= 15 is 0 Å². The fourth-order valence-electron chi connectivity index (χ4n) is 3.67. The third-order valence-electron chi connectivity index (χ3n) is 4.88. The van der Waals surface area contributed by atoms with Gasteiger partial charge in [0.2, 0.25) is 5.91 Å². The first kappa shape index (κ1) is 18.0. The number of amides is 2. The van der Waals surface area contributed by atoms with Crippen LogP contribution in [-0.4, -0.2) is 29.3 Å². The van der Waals surface area contributed by atoms with Gasteiger partial charge in [0.15, 0.2) is 0 Å². The van der Waals surface area contributed by atoms with Crippen LogP contribution in [0.15, 0.2) is 45.3 Å². The normalized spacial score (nSPS) is 19.4. The van der Waals surface area contributed by atoms with Gasteiger partial charge in [0, 0.05) is 20.5 Å². The first-order valence-corrected chi connectivity index (χ1v) is 10.3. The van der Waals surface area contributed by atoms with E-state index in [-0.39, 0.29) is 11.8 Å². The van der Waals surface area contributed by atoms with E-state index in [4.69, 9.17) is 11.6 Å². The lowest BCUT2D eigenvalue weighted by molar-refractivity contribution is -0.122. The van der Waals surface area contributed by atoms with Gasteiger partial charge in [0.25, 0.3) is 5.91 Å². The molecule has 0 spiro atoms. The Kier molecular flexibility index (Phi) is 4.84. The highest BCUT2D eigenvalue weighted by Gasteiger charge is 2.42. The second-order valence-electron chi connectivity index (χ2n) is 6.46. The Balaban J connectivity index is 1.89. The summed E-state index contributed by atoms with van der Waals surface area (Å²) in [7, 11) is 0. The summed E-state index contributed by atoms with van der Waals surface area (Å²) >= 11 is 13.3. The molecule has 0 unspecified atom stereocenters. The van der Waals surface area contributed by atoms with E-state index in [1.807, 2.05) is 30.3 Å². The van der Waals surface area contributed by atoms with E-state index in [0.29, 0.717) is 40.3 Å². The minimum Gasteiger partial charge on any atom is -0.327 e. The van der Waals surface area contributed by atoms with Gasteiger partial charge in [-0.2, -0.15) is 0 Å². The second kappa shape index (κ2) is 6.98. The Morgan fingerprint density at radius 3 is 2.69 bits per heavy atom. The summed E-state index contributed by atoms with van der Waals surface area (Å²) in [6.07, 6.45) is 1.53. The summed E-state index contributed by atoms with van der Waals surface area (Å²) in [6.45, 7) is 0.933. The lowest BCUT2D eigenvalue weighted by Crippen LogP contribution is -2.44. The Hall–Kier alpha value is -1.37. The van der Waals surface area contributed by atoms with Gasteiger partial charge in [0.1, 0.15) is 6.04 Å². The molecule has 2 aliphatic heterocycles. The van der Waals surface area contributed by atoms with Crippen LogP contribution < -0.4 is 4.90 Å². The van der Waals surface area contributed by atoms with Gasteiger partial charge in [-0.05, 0) is 52.5 Å². The molecule has 26 heavy (non-hydrogen) atoms. The summed E-state index contributed by atoms with van der Waals surface area (Å²) < 4.78 is 1.50. The Labute approximate surface area is 173 Å². The minimum absolute atomic E-state index is 0.0578. The number of halogens is 3. The molecular formula is C19H15Br2ClN2O2. The van der Waals surface area contributed by atoms with Crippen molar-refractivity contribution in [1.82, 2.24) is 4.90 Å². The van der Waals surface area contributed by atoms with Gasteiger partial charge in [-0.25, -0.2) is 0 Å². The standard InChI is InChI=1S/C19H15Br2ClN2O2/c20-12-8-13-17(14(21)9-12)24(10-11-4-1-2-5-15(11)22)19(26)16-6-3-7-23(16)18(13)25/h1-2,4-5,8-9,16H,3,6-7,10H2/t16-/m0/s1. The van der Waals surface area contributed by atoms with Crippen molar-refractivity contribution in [2.24, 2.45) is 0 Å². The van der Waals surface area contributed by atoms with Crippen molar-refractivity contribution in [3.63, 3.8) is 0 Å². The molecule has 134 valence electrons. The number of carbonyl (C=O) groups excluding carboxylic acids is 2. The fourth-order valence-corrected chi connectivity index (χ4v) is 5.30. The van der Waals surface area contributed by atoms with Gasteiger partial charge in [-0.15, -0.1) is 0 Å². The molecule has 2 heterocycles. The van der Waals surface area contributed by atoms with Gasteiger partial charge in [0.05, 0.1) is 17.8 Å². The molecule has 2 aromatic carbocycles. The molecule has 0 saturated carbocycles. The third kappa shape index (κ3) is 2.98. The fraction of sp³-hybridized carbons (Fsp3) is 0.263. The third-order valence-corrected chi connectivity index (χ3v) is 6.31. The number of nitrogens with zero attached hydrogens (tertiary/aromatic N) is 2. The molecule has 4 rings (SSSR count). The van der Waals surface area contributed by atoms with E-state index in [9.17, 15) is 9.59 Å². The summed E-state index contributed by atoms with van der Waals surface area (Å²) in [6, 6.07) is 10.7. The van der Waals surface area contributed by atoms with Crippen molar-refractivity contribution in [3.05, 3.63) is 61.5 Å². The molecule has 0 N–H and O–H groups in total. The molecule has 0 aliphatic carbocycles. The Morgan fingerprint density at radius 2 is 1.92 bits per heavy atom. The molecule has 2 aromatic rings. The molecule has 0 aromatic heterocycles. The molecule has 1 atom stereocenters. The topological polar surface area (TPSA) is 40.6 Å². The molecule has 4 nitrogen and oxygen atoms in total. The Morgan fingerprint density at radius 1 is 1.15 bits per heavy atom. The maximum atomic E-state index is 13.3. The van der Waals surface area contributed by atoms with Crippen LogP contribution in [0.2, 0.25) is 5.02 Å². The first-order valence-electron chi connectivity index (χ1n) is 8.32. The number of fused-ring (bicyclic) bond motifs is 2. The highest BCUT2D eigenvalue weighted by molar-refractivity contribution is 9.11. The van der Waals surface area contributed by atoms with E-state index < -0.39 is 6.04 Å². The quantitative estimate of drug-likeness (QED) is 0.584. The second-order valence-corrected chi connectivity index (χ2v) is 8.63. The number of hydrogen-bond donors (Lipinski definition) is 0. The van der Waals surface area contributed by atoms with E-state index in [1.54, 1.807) is 15.9 Å². The van der Waals surface area contributed by atoms with Crippen LogP contribution in [-0.2, 0) is 11.3 Å². The van der Waals surface area contributed by atoms with Gasteiger partial charge < -0.3 is 9.80 Å². The average molecular weight is 499 g/mol. The number of rotatable bonds is 2. The lowest BCUT2D eigenvalue weighted by Gasteiger charge is -2.27. The molecule has 2 amide bonds. The lowest BCUT2D eigenvalue weighted by atomic mass is 10.1. The van der Waals surface area contributed by atoms with Crippen molar-refractivity contribution < 1.29 is 9.59 Å². The number of anilines is 1. The predicted molar refractivity (Wildman–Crippen MR) is 109 cm³/mol. The smallest absolute Gasteiger partial charge is 0.256 e. The van der Waals surface area contributed by atoms with Crippen LogP contribution in [0.5, 0.6) is 0 Å². The molecule has 0 radical (unpaired) electrons. The summed E-state index contributed by atoms with van der Waals surface area (Å²) in [5, 5.41) is 0.605. The first-order chi connectivity index (χ1) is 12.5. The van der Waals surface area contributed by atoms with Crippen molar-refractivity contribution in [1.29, 1.82) is 0 Å². The molecule has 0 bridgehead atoms. The van der Waals surface area contributed by atoms with Crippen molar-refractivity contribution >= 4 is 61.0 Å². The number of hydrogen-bond acceptors (Lipinski definition) is 2. The van der Waals surface area contributed by atoms with Gasteiger partial charge >= 0.3 is 0 Å². The zero-order valence-electron chi connectivity index (χ0n) is 13.7. The van der Waals surface area contributed by atoms with Crippen molar-refractivity contribution in [2.45, 2.75) is 25.4 Å². The Bertz CT molecular complexity index is 918. The van der Waals surface area contributed by atoms with Gasteiger partial charge in [-0.1, -0.05) is 45.7 Å². The van der Waals surface area contributed by atoms with E-state index in [2.05, 4.69) is 31.9 Å². The summed E-state index contributed by atoms with van der Waals surface area (Å²) in [4.78, 5) is 29.9. The van der Waals surface area contributed by atoms with Crippen LogP contribution >= 0.6 is 43.5 Å². The summed E-state index contributed by atoms with van der Waals surface area (Å²) in [5.41, 5.74) is 1.98. The van der Waals surface area contributed by atoms with Gasteiger partial charge in [-0.3, -0.25) is 9.59 Å². The van der Waals surface area contributed by atoms with Crippen molar-refractivity contribution in [3.8, 4) is 0 Å². The molecular weight excluding hydrogens is 483 g/mol. The summed E-state index contributed by atoms with van der Waals surface area (Å²) in [5.74, 6) is -0.156. The average Bonchev–Trinajstić information content (AvgIpc) is 3.07. The van der Waals surface area contributed by atoms with Crippen molar-refractivity contribution in [2.75, 3.05) is 11.4 Å². The maximum absolute atomic E-state index is 13.3. The molecule has 7 heteroatoms. The largest absolute Gasteiger partial charge is 0.327 e. The van der Waals surface area contributed by atoms with E-state index in [0.717, 1.165) is 16.5 Å². The van der Waals surface area contributed by atoms with Crippen LogP contribution in [0.3, 0.4) is 0 Å². The monoisotopic (exact) mass is 496 g/mol. The number of carbonyl (C=O) groups is 2. The number of benzene rings is 2. The van der Waals surface area contributed by atoms with Crippen LogP contribution in [0.4, 0.5) is 5.69 Å². The van der Waals surface area contributed by atoms with Crippen LogP contribution in [0, 0.1) is 0 Å². The molecule has 1 saturated heterocycles. The van der Waals surface area contributed by atoms with E-state index in [1.165, 1.54) is 0 Å². The highest BCUT2D eigenvalue weighted by atomic mass is 79.9. The van der Waals surface area contributed by atoms with Crippen LogP contribution in [0.1, 0.15) is 28.8 Å². The molecule has 1 fully saturated rings. The predicted octanol–water partition coefficient (Wildman–Crippen LogP) is 5.02.